The van der Waals surface area contributed by atoms with Crippen LogP contribution in [0.25, 0.3) is 0 Å². The van der Waals surface area contributed by atoms with E-state index in [4.69, 9.17) is 9.52 Å². The number of carbonyl (C=O) groups is 2. The summed E-state index contributed by atoms with van der Waals surface area (Å²) in [6.45, 7) is 1.94. The maximum Gasteiger partial charge on any atom is 0.339 e. The molecule has 122 valence electrons. The van der Waals surface area contributed by atoms with Gasteiger partial charge in [-0.3, -0.25) is 4.79 Å². The van der Waals surface area contributed by atoms with Gasteiger partial charge in [-0.25, -0.2) is 4.79 Å². The van der Waals surface area contributed by atoms with E-state index in [0.717, 1.165) is 18.8 Å². The Morgan fingerprint density at radius 3 is 2.64 bits per heavy atom. The summed E-state index contributed by atoms with van der Waals surface area (Å²) >= 11 is 0. The number of hydrogen-bond acceptors (Lipinski definition) is 3. The molecule has 0 atom stereocenters. The first-order valence-corrected chi connectivity index (χ1v) is 8.04. The molecular formula is C17H25NO4. The van der Waals surface area contributed by atoms with Crippen molar-refractivity contribution in [3.05, 3.63) is 23.2 Å². The lowest BCUT2D eigenvalue weighted by Gasteiger charge is -2.16. The molecule has 1 heterocycles. The predicted molar refractivity (Wildman–Crippen MR) is 82.7 cm³/mol. The molecule has 1 aromatic rings. The van der Waals surface area contributed by atoms with E-state index < -0.39 is 5.97 Å². The number of carboxylic acid groups (broad SMARTS) is 1. The number of carboxylic acids is 1. The Morgan fingerprint density at radius 2 is 2.05 bits per heavy atom. The number of nitrogens with zero attached hydrogens (tertiary/aromatic N) is 1. The molecule has 1 aromatic heterocycles. The van der Waals surface area contributed by atoms with Crippen LogP contribution in [0, 0.1) is 12.8 Å². The van der Waals surface area contributed by atoms with Gasteiger partial charge >= 0.3 is 5.97 Å². The minimum atomic E-state index is -1.00. The van der Waals surface area contributed by atoms with Crippen molar-refractivity contribution in [1.82, 2.24) is 4.90 Å². The minimum Gasteiger partial charge on any atom is -0.478 e. The third-order valence-corrected chi connectivity index (χ3v) is 4.50. The monoisotopic (exact) mass is 307 g/mol. The van der Waals surface area contributed by atoms with Crippen LogP contribution in [0.1, 0.15) is 66.8 Å². The first-order chi connectivity index (χ1) is 10.5. The quantitative estimate of drug-likeness (QED) is 0.835. The molecule has 5 nitrogen and oxygen atoms in total. The topological polar surface area (TPSA) is 70.8 Å². The van der Waals surface area contributed by atoms with Gasteiger partial charge < -0.3 is 14.4 Å². The lowest BCUT2D eigenvalue weighted by atomic mass is 10.0. The number of rotatable bonds is 7. The Labute approximate surface area is 131 Å². The van der Waals surface area contributed by atoms with E-state index in [-0.39, 0.29) is 11.5 Å². The molecule has 1 fully saturated rings. The van der Waals surface area contributed by atoms with Gasteiger partial charge in [-0.2, -0.15) is 0 Å². The fourth-order valence-electron chi connectivity index (χ4n) is 3.19. The summed E-state index contributed by atoms with van der Waals surface area (Å²) in [6.07, 6.45) is 7.93. The SMILES string of the molecule is Cc1oc(CN(C)C(=O)CCCC2CCCC2)cc1C(=O)O. The standard InChI is InChI=1S/C17H25NO4/c1-12-15(17(20)21)10-14(22-12)11-18(2)16(19)9-5-8-13-6-3-4-7-13/h10,13H,3-9,11H2,1-2H3,(H,20,21). The van der Waals surface area contributed by atoms with E-state index >= 15 is 0 Å². The van der Waals surface area contributed by atoms with E-state index in [0.29, 0.717) is 24.5 Å². The van der Waals surface area contributed by atoms with Crippen LogP contribution in [0.2, 0.25) is 0 Å². The van der Waals surface area contributed by atoms with Gasteiger partial charge in [0.25, 0.3) is 0 Å². The number of aryl methyl sites for hydroxylation is 1. The minimum absolute atomic E-state index is 0.0870. The molecule has 0 aromatic carbocycles. The molecule has 0 saturated heterocycles. The van der Waals surface area contributed by atoms with Crippen LogP contribution in [0.3, 0.4) is 0 Å². The van der Waals surface area contributed by atoms with E-state index in [2.05, 4.69) is 0 Å². The molecule has 0 radical (unpaired) electrons. The maximum absolute atomic E-state index is 12.1. The predicted octanol–water partition coefficient (Wildman–Crippen LogP) is 3.61. The smallest absolute Gasteiger partial charge is 0.339 e. The molecule has 22 heavy (non-hydrogen) atoms. The molecule has 1 saturated carbocycles. The van der Waals surface area contributed by atoms with Crippen LogP contribution >= 0.6 is 0 Å². The summed E-state index contributed by atoms with van der Waals surface area (Å²) in [6, 6.07) is 1.50. The molecule has 5 heteroatoms. The van der Waals surface area contributed by atoms with E-state index in [1.807, 2.05) is 0 Å². The van der Waals surface area contributed by atoms with Gasteiger partial charge in [-0.05, 0) is 31.7 Å². The van der Waals surface area contributed by atoms with Gasteiger partial charge in [-0.1, -0.05) is 25.7 Å². The Morgan fingerprint density at radius 1 is 1.36 bits per heavy atom. The second-order valence-corrected chi connectivity index (χ2v) is 6.28. The van der Waals surface area contributed by atoms with Crippen molar-refractivity contribution in [3.8, 4) is 0 Å². The van der Waals surface area contributed by atoms with Gasteiger partial charge in [0.05, 0.1) is 6.54 Å². The molecule has 0 aliphatic heterocycles. The van der Waals surface area contributed by atoms with Crippen LogP contribution in [-0.2, 0) is 11.3 Å². The average molecular weight is 307 g/mol. The average Bonchev–Trinajstić information content (AvgIpc) is 3.08. The van der Waals surface area contributed by atoms with E-state index in [1.165, 1.54) is 31.7 Å². The van der Waals surface area contributed by atoms with Crippen LogP contribution in [0.5, 0.6) is 0 Å². The molecule has 0 bridgehead atoms. The normalized spacial score (nSPS) is 15.2. The fourth-order valence-corrected chi connectivity index (χ4v) is 3.19. The molecule has 0 spiro atoms. The van der Waals surface area contributed by atoms with Gasteiger partial charge in [0.15, 0.2) is 0 Å². The lowest BCUT2D eigenvalue weighted by Crippen LogP contribution is -2.25. The van der Waals surface area contributed by atoms with Crippen LogP contribution in [0.15, 0.2) is 10.5 Å². The largest absolute Gasteiger partial charge is 0.478 e. The third kappa shape index (κ3) is 4.36. The lowest BCUT2D eigenvalue weighted by molar-refractivity contribution is -0.130. The van der Waals surface area contributed by atoms with Crippen LogP contribution < -0.4 is 0 Å². The number of carbonyl (C=O) groups excluding carboxylic acids is 1. The second kappa shape index (κ2) is 7.47. The number of hydrogen-bond donors (Lipinski definition) is 1. The zero-order valence-electron chi connectivity index (χ0n) is 13.4. The van der Waals surface area contributed by atoms with Crippen molar-refractivity contribution in [2.24, 2.45) is 5.92 Å². The Hall–Kier alpha value is -1.78. The van der Waals surface area contributed by atoms with Crippen molar-refractivity contribution in [3.63, 3.8) is 0 Å². The number of aromatic carboxylic acids is 1. The molecule has 0 unspecified atom stereocenters. The first-order valence-electron chi connectivity index (χ1n) is 8.04. The molecule has 2 rings (SSSR count). The van der Waals surface area contributed by atoms with Crippen molar-refractivity contribution in [2.45, 2.75) is 58.4 Å². The summed E-state index contributed by atoms with van der Waals surface area (Å²) in [5.41, 5.74) is 0.164. The van der Waals surface area contributed by atoms with Gasteiger partial charge in [0.1, 0.15) is 17.1 Å². The highest BCUT2D eigenvalue weighted by Gasteiger charge is 2.18. The summed E-state index contributed by atoms with van der Waals surface area (Å²) < 4.78 is 5.41. The third-order valence-electron chi connectivity index (χ3n) is 4.50. The Kier molecular flexibility index (Phi) is 5.63. The zero-order chi connectivity index (χ0) is 16.1. The Balaban J connectivity index is 1.78. The molecule has 1 aliphatic rings. The molecule has 1 amide bonds. The van der Waals surface area contributed by atoms with Crippen molar-refractivity contribution < 1.29 is 19.1 Å². The van der Waals surface area contributed by atoms with Crippen LogP contribution in [-0.4, -0.2) is 28.9 Å². The first kappa shape index (κ1) is 16.6. The van der Waals surface area contributed by atoms with Crippen molar-refractivity contribution in [1.29, 1.82) is 0 Å². The van der Waals surface area contributed by atoms with Gasteiger partial charge in [0, 0.05) is 13.5 Å². The van der Waals surface area contributed by atoms with Crippen LogP contribution in [0.4, 0.5) is 0 Å². The van der Waals surface area contributed by atoms with E-state index in [9.17, 15) is 9.59 Å². The van der Waals surface area contributed by atoms with E-state index in [1.54, 1.807) is 18.9 Å². The van der Waals surface area contributed by atoms with Crippen molar-refractivity contribution in [2.75, 3.05) is 7.05 Å². The van der Waals surface area contributed by atoms with Gasteiger partial charge in [-0.15, -0.1) is 0 Å². The summed E-state index contributed by atoms with van der Waals surface area (Å²) in [7, 11) is 1.73. The molecular weight excluding hydrogens is 282 g/mol. The highest BCUT2D eigenvalue weighted by Crippen LogP contribution is 2.29. The number of amides is 1. The zero-order valence-corrected chi connectivity index (χ0v) is 13.4. The Bertz CT molecular complexity index is 529. The fraction of sp³-hybridized carbons (Fsp3) is 0.647. The molecule has 1 aliphatic carbocycles. The summed E-state index contributed by atoms with van der Waals surface area (Å²) in [4.78, 5) is 24.7. The number of furan rings is 1. The maximum atomic E-state index is 12.1. The van der Waals surface area contributed by atoms with Crippen molar-refractivity contribution >= 4 is 11.9 Å². The molecule has 1 N–H and O–H groups in total. The summed E-state index contributed by atoms with van der Waals surface area (Å²) in [5.74, 6) is 0.789. The highest BCUT2D eigenvalue weighted by molar-refractivity contribution is 5.88. The second-order valence-electron chi connectivity index (χ2n) is 6.28. The highest BCUT2D eigenvalue weighted by atomic mass is 16.4. The van der Waals surface area contributed by atoms with Gasteiger partial charge in [0.2, 0.25) is 5.91 Å². The summed E-state index contributed by atoms with van der Waals surface area (Å²) in [5, 5.41) is 9.00.